The van der Waals surface area contributed by atoms with Gasteiger partial charge in [-0.25, -0.2) is 0 Å². The average molecular weight is 341 g/mol. The van der Waals surface area contributed by atoms with Crippen LogP contribution in [0.5, 0.6) is 0 Å². The van der Waals surface area contributed by atoms with Crippen molar-refractivity contribution >= 4 is 33.4 Å². The Labute approximate surface area is 128 Å². The fourth-order valence-electron chi connectivity index (χ4n) is 1.65. The Morgan fingerprint density at radius 1 is 1.35 bits per heavy atom. The van der Waals surface area contributed by atoms with E-state index in [2.05, 4.69) is 21.2 Å². The molecule has 0 unspecified atom stereocenters. The minimum Gasteiger partial charge on any atom is -0.354 e. The standard InChI is InChI=1S/C15H21BrN2O2/c1-10(2)8-17-15(20)9-18(12(4)19)13-6-5-11(3)14(16)7-13/h5-7,10H,8-9H2,1-4H3,(H,17,20). The van der Waals surface area contributed by atoms with Gasteiger partial charge in [0.2, 0.25) is 11.8 Å². The maximum Gasteiger partial charge on any atom is 0.240 e. The van der Waals surface area contributed by atoms with Gasteiger partial charge < -0.3 is 10.2 Å². The maximum absolute atomic E-state index is 11.9. The van der Waals surface area contributed by atoms with Crippen LogP contribution in [-0.2, 0) is 9.59 Å². The summed E-state index contributed by atoms with van der Waals surface area (Å²) in [6, 6.07) is 5.62. The number of anilines is 1. The van der Waals surface area contributed by atoms with Crippen LogP contribution in [-0.4, -0.2) is 24.9 Å². The highest BCUT2D eigenvalue weighted by atomic mass is 79.9. The Morgan fingerprint density at radius 3 is 2.50 bits per heavy atom. The second-order valence-corrected chi connectivity index (χ2v) is 6.09. The SMILES string of the molecule is CC(=O)N(CC(=O)NCC(C)C)c1ccc(C)c(Br)c1. The van der Waals surface area contributed by atoms with E-state index in [-0.39, 0.29) is 18.4 Å². The summed E-state index contributed by atoms with van der Waals surface area (Å²) in [6.07, 6.45) is 0. The van der Waals surface area contributed by atoms with Gasteiger partial charge in [0.1, 0.15) is 6.54 Å². The number of halogens is 1. The monoisotopic (exact) mass is 340 g/mol. The molecule has 0 atom stereocenters. The van der Waals surface area contributed by atoms with Crippen LogP contribution in [0.3, 0.4) is 0 Å². The molecule has 4 nitrogen and oxygen atoms in total. The lowest BCUT2D eigenvalue weighted by molar-refractivity contribution is -0.123. The molecule has 5 heteroatoms. The first-order chi connectivity index (χ1) is 9.31. The van der Waals surface area contributed by atoms with E-state index in [1.165, 1.54) is 11.8 Å². The maximum atomic E-state index is 11.9. The average Bonchev–Trinajstić information content (AvgIpc) is 2.36. The molecule has 1 rings (SSSR count). The zero-order valence-electron chi connectivity index (χ0n) is 12.4. The van der Waals surface area contributed by atoms with Crippen LogP contribution >= 0.6 is 15.9 Å². The third-order valence-corrected chi connectivity index (χ3v) is 3.71. The fourth-order valence-corrected chi connectivity index (χ4v) is 2.02. The number of amides is 2. The van der Waals surface area contributed by atoms with Crippen LogP contribution < -0.4 is 10.2 Å². The number of carbonyl (C=O) groups is 2. The smallest absolute Gasteiger partial charge is 0.240 e. The lowest BCUT2D eigenvalue weighted by atomic mass is 10.2. The molecule has 20 heavy (non-hydrogen) atoms. The summed E-state index contributed by atoms with van der Waals surface area (Å²) in [5.41, 5.74) is 1.80. The molecular weight excluding hydrogens is 320 g/mol. The van der Waals surface area contributed by atoms with E-state index in [0.29, 0.717) is 12.5 Å². The van der Waals surface area contributed by atoms with Crippen LogP contribution in [0.25, 0.3) is 0 Å². The molecule has 0 radical (unpaired) electrons. The van der Waals surface area contributed by atoms with Gasteiger partial charge in [0.05, 0.1) is 0 Å². The van der Waals surface area contributed by atoms with Crippen LogP contribution in [0.2, 0.25) is 0 Å². The third-order valence-electron chi connectivity index (χ3n) is 2.86. The first kappa shape index (κ1) is 16.7. The minimum atomic E-state index is -0.152. The summed E-state index contributed by atoms with van der Waals surface area (Å²) in [6.45, 7) is 8.14. The van der Waals surface area contributed by atoms with Gasteiger partial charge in [0, 0.05) is 23.6 Å². The summed E-state index contributed by atoms with van der Waals surface area (Å²) in [7, 11) is 0. The molecule has 0 spiro atoms. The Bertz CT molecular complexity index is 501. The molecule has 1 aromatic rings. The summed E-state index contributed by atoms with van der Waals surface area (Å²) in [4.78, 5) is 25.1. The highest BCUT2D eigenvalue weighted by Crippen LogP contribution is 2.23. The van der Waals surface area contributed by atoms with Gasteiger partial charge in [0.25, 0.3) is 0 Å². The lowest BCUT2D eigenvalue weighted by Crippen LogP contribution is -2.40. The van der Waals surface area contributed by atoms with Crippen LogP contribution in [0.4, 0.5) is 5.69 Å². The first-order valence-electron chi connectivity index (χ1n) is 6.62. The van der Waals surface area contributed by atoms with Crippen molar-refractivity contribution in [2.45, 2.75) is 27.7 Å². The Kier molecular flexibility index (Phi) is 6.20. The lowest BCUT2D eigenvalue weighted by Gasteiger charge is -2.21. The second-order valence-electron chi connectivity index (χ2n) is 5.24. The quantitative estimate of drug-likeness (QED) is 0.895. The molecule has 2 amide bonds. The predicted molar refractivity (Wildman–Crippen MR) is 84.8 cm³/mol. The fraction of sp³-hybridized carbons (Fsp3) is 0.467. The molecule has 0 aliphatic rings. The molecule has 110 valence electrons. The second kappa shape index (κ2) is 7.43. The zero-order valence-corrected chi connectivity index (χ0v) is 14.0. The van der Waals surface area contributed by atoms with E-state index in [0.717, 1.165) is 15.7 Å². The van der Waals surface area contributed by atoms with Crippen molar-refractivity contribution in [2.24, 2.45) is 5.92 Å². The number of benzene rings is 1. The summed E-state index contributed by atoms with van der Waals surface area (Å²) < 4.78 is 0.920. The van der Waals surface area contributed by atoms with Crippen molar-refractivity contribution in [1.29, 1.82) is 0 Å². The highest BCUT2D eigenvalue weighted by Gasteiger charge is 2.16. The highest BCUT2D eigenvalue weighted by molar-refractivity contribution is 9.10. The van der Waals surface area contributed by atoms with Crippen molar-refractivity contribution < 1.29 is 9.59 Å². The van der Waals surface area contributed by atoms with E-state index in [4.69, 9.17) is 0 Å². The van der Waals surface area contributed by atoms with Gasteiger partial charge in [0.15, 0.2) is 0 Å². The normalized spacial score (nSPS) is 10.5. The molecule has 0 saturated carbocycles. The Balaban J connectivity index is 2.81. The molecular formula is C15H21BrN2O2. The number of hydrogen-bond acceptors (Lipinski definition) is 2. The number of aryl methyl sites for hydroxylation is 1. The largest absolute Gasteiger partial charge is 0.354 e. The minimum absolute atomic E-state index is 0.0392. The summed E-state index contributed by atoms with van der Waals surface area (Å²) in [5.74, 6) is 0.0873. The van der Waals surface area contributed by atoms with Crippen LogP contribution in [0, 0.1) is 12.8 Å². The Morgan fingerprint density at radius 2 is 2.00 bits per heavy atom. The molecule has 0 aromatic heterocycles. The molecule has 0 aliphatic heterocycles. The molecule has 0 bridgehead atoms. The predicted octanol–water partition coefficient (Wildman–Crippen LogP) is 2.88. The van der Waals surface area contributed by atoms with Crippen molar-refractivity contribution in [3.05, 3.63) is 28.2 Å². The molecule has 0 heterocycles. The van der Waals surface area contributed by atoms with Crippen molar-refractivity contribution in [2.75, 3.05) is 18.0 Å². The Hall–Kier alpha value is -1.36. The van der Waals surface area contributed by atoms with Gasteiger partial charge >= 0.3 is 0 Å². The van der Waals surface area contributed by atoms with E-state index in [9.17, 15) is 9.59 Å². The van der Waals surface area contributed by atoms with E-state index in [1.807, 2.05) is 39.0 Å². The molecule has 0 aliphatic carbocycles. The number of nitrogens with zero attached hydrogens (tertiary/aromatic N) is 1. The summed E-state index contributed by atoms with van der Waals surface area (Å²) >= 11 is 3.44. The zero-order chi connectivity index (χ0) is 15.3. The number of rotatable bonds is 5. The van der Waals surface area contributed by atoms with Gasteiger partial charge in [-0.1, -0.05) is 35.8 Å². The van der Waals surface area contributed by atoms with Gasteiger partial charge in [-0.2, -0.15) is 0 Å². The van der Waals surface area contributed by atoms with Gasteiger partial charge in [-0.05, 0) is 30.5 Å². The molecule has 0 fully saturated rings. The summed E-state index contributed by atoms with van der Waals surface area (Å²) in [5, 5.41) is 2.82. The van der Waals surface area contributed by atoms with Crippen LogP contribution in [0.1, 0.15) is 26.3 Å². The number of carbonyl (C=O) groups excluding carboxylic acids is 2. The van der Waals surface area contributed by atoms with Gasteiger partial charge in [-0.15, -0.1) is 0 Å². The van der Waals surface area contributed by atoms with Gasteiger partial charge in [-0.3, -0.25) is 9.59 Å². The third kappa shape index (κ3) is 4.96. The topological polar surface area (TPSA) is 49.4 Å². The number of hydrogen-bond donors (Lipinski definition) is 1. The van der Waals surface area contributed by atoms with E-state index < -0.39 is 0 Å². The molecule has 1 N–H and O–H groups in total. The molecule has 0 saturated heterocycles. The van der Waals surface area contributed by atoms with E-state index >= 15 is 0 Å². The molecule has 1 aromatic carbocycles. The number of nitrogens with one attached hydrogen (secondary N) is 1. The van der Waals surface area contributed by atoms with Crippen LogP contribution in [0.15, 0.2) is 22.7 Å². The first-order valence-corrected chi connectivity index (χ1v) is 7.41. The van der Waals surface area contributed by atoms with Crippen molar-refractivity contribution in [3.8, 4) is 0 Å². The van der Waals surface area contributed by atoms with Crippen molar-refractivity contribution in [1.82, 2.24) is 5.32 Å². The van der Waals surface area contributed by atoms with Crippen molar-refractivity contribution in [3.63, 3.8) is 0 Å². The van der Waals surface area contributed by atoms with E-state index in [1.54, 1.807) is 0 Å².